The van der Waals surface area contributed by atoms with E-state index in [2.05, 4.69) is 21.3 Å². The van der Waals surface area contributed by atoms with Gasteiger partial charge in [-0.25, -0.2) is 0 Å². The van der Waals surface area contributed by atoms with Crippen molar-refractivity contribution in [3.63, 3.8) is 0 Å². The fraction of sp³-hybridized carbons (Fsp3) is 0.474. The molecule has 148 valence electrons. The SMILES string of the molecule is COc1cc(/C=N/OCC(=O)NCCC2=CCCCC2)ccc1OC(F)F. The Kier molecular flexibility index (Phi) is 8.54. The molecular weight excluding hydrogens is 358 g/mol. The number of carbonyl (C=O) groups excluding carboxylic acids is 1. The number of nitrogens with zero attached hydrogens (tertiary/aromatic N) is 1. The molecule has 1 aliphatic carbocycles. The second-order valence-electron chi connectivity index (χ2n) is 6.00. The van der Waals surface area contributed by atoms with Crippen LogP contribution in [0.2, 0.25) is 0 Å². The van der Waals surface area contributed by atoms with Crippen molar-refractivity contribution in [3.8, 4) is 11.5 Å². The molecule has 2 rings (SSSR count). The molecule has 0 bridgehead atoms. The van der Waals surface area contributed by atoms with Gasteiger partial charge in [0, 0.05) is 12.1 Å². The van der Waals surface area contributed by atoms with Crippen molar-refractivity contribution >= 4 is 12.1 Å². The molecule has 1 aliphatic rings. The molecule has 0 atom stereocenters. The first-order chi connectivity index (χ1) is 13.1. The van der Waals surface area contributed by atoms with Crippen molar-refractivity contribution in [2.75, 3.05) is 20.3 Å². The number of carbonyl (C=O) groups is 1. The van der Waals surface area contributed by atoms with Gasteiger partial charge in [-0.15, -0.1) is 0 Å². The molecule has 1 aromatic carbocycles. The first-order valence-electron chi connectivity index (χ1n) is 8.81. The molecule has 0 heterocycles. The third-order valence-electron chi connectivity index (χ3n) is 4.03. The molecule has 0 aliphatic heterocycles. The Labute approximate surface area is 157 Å². The van der Waals surface area contributed by atoms with Gasteiger partial charge >= 0.3 is 6.61 Å². The van der Waals surface area contributed by atoms with Gasteiger partial charge < -0.3 is 19.6 Å². The summed E-state index contributed by atoms with van der Waals surface area (Å²) in [4.78, 5) is 16.7. The molecule has 0 saturated heterocycles. The van der Waals surface area contributed by atoms with Crippen molar-refractivity contribution in [2.45, 2.75) is 38.7 Å². The Morgan fingerprint density at radius 3 is 2.89 bits per heavy atom. The van der Waals surface area contributed by atoms with Crippen LogP contribution in [0, 0.1) is 0 Å². The zero-order valence-corrected chi connectivity index (χ0v) is 15.2. The van der Waals surface area contributed by atoms with Gasteiger partial charge in [0.05, 0.1) is 13.3 Å². The minimum atomic E-state index is -2.94. The lowest BCUT2D eigenvalue weighted by Gasteiger charge is -2.12. The number of allylic oxidation sites excluding steroid dienone is 1. The molecular formula is C19H24F2N2O4. The van der Waals surface area contributed by atoms with E-state index in [0.717, 1.165) is 19.3 Å². The van der Waals surface area contributed by atoms with Gasteiger partial charge in [-0.3, -0.25) is 4.79 Å². The van der Waals surface area contributed by atoms with Gasteiger partial charge in [0.1, 0.15) is 0 Å². The van der Waals surface area contributed by atoms with Crippen LogP contribution in [0.1, 0.15) is 37.7 Å². The molecule has 1 N–H and O–H groups in total. The number of benzene rings is 1. The Morgan fingerprint density at radius 2 is 2.19 bits per heavy atom. The van der Waals surface area contributed by atoms with E-state index in [1.165, 1.54) is 49.9 Å². The summed E-state index contributed by atoms with van der Waals surface area (Å²) in [6.45, 7) is -2.55. The van der Waals surface area contributed by atoms with E-state index in [9.17, 15) is 13.6 Å². The van der Waals surface area contributed by atoms with Crippen molar-refractivity contribution < 1.29 is 27.9 Å². The van der Waals surface area contributed by atoms with Crippen LogP contribution in [0.5, 0.6) is 11.5 Å². The normalized spacial score (nSPS) is 14.1. The summed E-state index contributed by atoms with van der Waals surface area (Å²) in [5.74, 6) is -0.172. The number of alkyl halides is 2. The molecule has 0 radical (unpaired) electrons. The molecule has 8 heteroatoms. The zero-order chi connectivity index (χ0) is 19.5. The Morgan fingerprint density at radius 1 is 1.33 bits per heavy atom. The van der Waals surface area contributed by atoms with E-state index in [4.69, 9.17) is 9.57 Å². The topological polar surface area (TPSA) is 69.2 Å². The molecule has 27 heavy (non-hydrogen) atoms. The first kappa shape index (κ1) is 20.7. The summed E-state index contributed by atoms with van der Waals surface area (Å²) in [5, 5.41) is 6.49. The summed E-state index contributed by atoms with van der Waals surface area (Å²) in [5.41, 5.74) is 1.95. The summed E-state index contributed by atoms with van der Waals surface area (Å²) < 4.78 is 33.9. The Hall–Kier alpha value is -2.64. The number of hydrogen-bond donors (Lipinski definition) is 1. The molecule has 1 amide bonds. The molecule has 0 fully saturated rings. The largest absolute Gasteiger partial charge is 0.493 e. The number of rotatable bonds is 10. The maximum absolute atomic E-state index is 12.3. The minimum absolute atomic E-state index is 0.0713. The molecule has 6 nitrogen and oxygen atoms in total. The number of methoxy groups -OCH3 is 1. The second-order valence-corrected chi connectivity index (χ2v) is 6.00. The fourth-order valence-electron chi connectivity index (χ4n) is 2.70. The highest BCUT2D eigenvalue weighted by Crippen LogP contribution is 2.28. The third-order valence-corrected chi connectivity index (χ3v) is 4.03. The number of halogens is 2. The maximum Gasteiger partial charge on any atom is 0.387 e. The standard InChI is InChI=1S/C19H24F2N2O4/c1-25-17-11-15(7-8-16(17)27-19(20)21)12-23-26-13-18(24)22-10-9-14-5-3-2-4-6-14/h5,7-8,11-12,19H,2-4,6,9-10,13H2,1H3,(H,22,24)/b23-12+. The van der Waals surface area contributed by atoms with E-state index < -0.39 is 6.61 Å². The summed E-state index contributed by atoms with van der Waals surface area (Å²) in [7, 11) is 1.35. The van der Waals surface area contributed by atoms with Crippen LogP contribution in [0.4, 0.5) is 8.78 Å². The van der Waals surface area contributed by atoms with E-state index >= 15 is 0 Å². The van der Waals surface area contributed by atoms with Crippen molar-refractivity contribution in [1.29, 1.82) is 0 Å². The van der Waals surface area contributed by atoms with Gasteiger partial charge in [0.2, 0.25) is 0 Å². The van der Waals surface area contributed by atoms with E-state index in [1.807, 2.05) is 0 Å². The van der Waals surface area contributed by atoms with Crippen LogP contribution in [-0.4, -0.2) is 39.0 Å². The fourth-order valence-corrected chi connectivity index (χ4v) is 2.70. The lowest BCUT2D eigenvalue weighted by Crippen LogP contribution is -2.28. The minimum Gasteiger partial charge on any atom is -0.493 e. The Bertz CT molecular complexity index is 678. The van der Waals surface area contributed by atoms with Crippen LogP contribution in [-0.2, 0) is 9.63 Å². The van der Waals surface area contributed by atoms with Gasteiger partial charge in [0.15, 0.2) is 18.1 Å². The summed E-state index contributed by atoms with van der Waals surface area (Å²) in [6, 6.07) is 4.34. The quantitative estimate of drug-likeness (QED) is 0.381. The molecule has 0 aromatic heterocycles. The first-order valence-corrected chi connectivity index (χ1v) is 8.81. The summed E-state index contributed by atoms with van der Waals surface area (Å²) in [6.07, 6.45) is 9.18. The molecule has 0 saturated carbocycles. The van der Waals surface area contributed by atoms with Gasteiger partial charge in [-0.05, 0) is 50.3 Å². The zero-order valence-electron chi connectivity index (χ0n) is 15.2. The predicted octanol–water partition coefficient (Wildman–Crippen LogP) is 3.65. The Balaban J connectivity index is 1.71. The highest BCUT2D eigenvalue weighted by molar-refractivity contribution is 5.81. The average Bonchev–Trinajstić information content (AvgIpc) is 2.66. The predicted molar refractivity (Wildman–Crippen MR) is 97.3 cm³/mol. The molecule has 0 spiro atoms. The monoisotopic (exact) mass is 382 g/mol. The second kappa shape index (κ2) is 11.2. The van der Waals surface area contributed by atoms with Crippen LogP contribution in [0.25, 0.3) is 0 Å². The van der Waals surface area contributed by atoms with Crippen molar-refractivity contribution in [1.82, 2.24) is 5.32 Å². The number of hydrogen-bond acceptors (Lipinski definition) is 5. The molecule has 1 aromatic rings. The highest BCUT2D eigenvalue weighted by atomic mass is 19.3. The number of nitrogens with one attached hydrogen (secondary N) is 1. The van der Waals surface area contributed by atoms with Crippen molar-refractivity contribution in [2.24, 2.45) is 5.16 Å². The van der Waals surface area contributed by atoms with Gasteiger partial charge in [0.25, 0.3) is 5.91 Å². The van der Waals surface area contributed by atoms with Gasteiger partial charge in [-0.2, -0.15) is 8.78 Å². The van der Waals surface area contributed by atoms with Crippen LogP contribution in [0.15, 0.2) is 35.0 Å². The lowest BCUT2D eigenvalue weighted by molar-refractivity contribution is -0.125. The molecule has 0 unspecified atom stereocenters. The van der Waals surface area contributed by atoms with E-state index in [0.29, 0.717) is 12.1 Å². The average molecular weight is 382 g/mol. The van der Waals surface area contributed by atoms with Crippen molar-refractivity contribution in [3.05, 3.63) is 35.4 Å². The van der Waals surface area contributed by atoms with Crippen LogP contribution >= 0.6 is 0 Å². The highest BCUT2D eigenvalue weighted by Gasteiger charge is 2.10. The van der Waals surface area contributed by atoms with Gasteiger partial charge in [-0.1, -0.05) is 16.8 Å². The maximum atomic E-state index is 12.3. The van der Waals surface area contributed by atoms with E-state index in [1.54, 1.807) is 0 Å². The smallest absolute Gasteiger partial charge is 0.387 e. The number of ether oxygens (including phenoxy) is 2. The third kappa shape index (κ3) is 7.64. The summed E-state index contributed by atoms with van der Waals surface area (Å²) >= 11 is 0. The lowest BCUT2D eigenvalue weighted by atomic mass is 9.97. The number of amides is 1. The number of oxime groups is 1. The van der Waals surface area contributed by atoms with E-state index in [-0.39, 0.29) is 24.0 Å². The van der Waals surface area contributed by atoms with Crippen LogP contribution in [0.3, 0.4) is 0 Å². The van der Waals surface area contributed by atoms with Crippen LogP contribution < -0.4 is 14.8 Å².